The van der Waals surface area contributed by atoms with Gasteiger partial charge in [-0.05, 0) is 25.1 Å². The van der Waals surface area contributed by atoms with Gasteiger partial charge < -0.3 is 20.1 Å². The van der Waals surface area contributed by atoms with Crippen molar-refractivity contribution in [2.75, 3.05) is 24.9 Å². The van der Waals surface area contributed by atoms with E-state index in [0.29, 0.717) is 0 Å². The number of benzene rings is 1. The van der Waals surface area contributed by atoms with Crippen molar-refractivity contribution in [1.29, 1.82) is 0 Å². The first-order valence-corrected chi connectivity index (χ1v) is 7.10. The monoisotopic (exact) mass is 355 g/mol. The Bertz CT molecular complexity index is 679. The molecule has 0 bridgehead atoms. The Morgan fingerprint density at radius 3 is 2.36 bits per heavy atom. The summed E-state index contributed by atoms with van der Waals surface area (Å²) in [6, 6.07) is 2.71. The summed E-state index contributed by atoms with van der Waals surface area (Å²) >= 11 is 0. The van der Waals surface area contributed by atoms with Crippen LogP contribution < -0.4 is 16.0 Å². The van der Waals surface area contributed by atoms with E-state index in [4.69, 9.17) is 0 Å². The molecule has 1 rings (SSSR count). The SMILES string of the molecule is COC(=O)CC(C)NC(=O)C(=O)Nc1ccc(F)c(NC(=O)OC)c1. The number of methoxy groups -OCH3 is 2. The predicted molar refractivity (Wildman–Crippen MR) is 85.3 cm³/mol. The third-order valence-corrected chi connectivity index (χ3v) is 2.93. The molecule has 1 atom stereocenters. The number of amides is 3. The molecule has 25 heavy (non-hydrogen) atoms. The lowest BCUT2D eigenvalue weighted by atomic mass is 10.2. The van der Waals surface area contributed by atoms with Crippen molar-refractivity contribution in [1.82, 2.24) is 5.32 Å². The summed E-state index contributed by atoms with van der Waals surface area (Å²) in [5.74, 6) is -3.29. The van der Waals surface area contributed by atoms with Crippen LogP contribution in [0.4, 0.5) is 20.6 Å². The smallest absolute Gasteiger partial charge is 0.411 e. The zero-order chi connectivity index (χ0) is 19.0. The minimum absolute atomic E-state index is 0.0774. The highest BCUT2D eigenvalue weighted by molar-refractivity contribution is 6.39. The molecule has 136 valence electrons. The molecule has 0 aliphatic heterocycles. The van der Waals surface area contributed by atoms with Crippen LogP contribution in [0.2, 0.25) is 0 Å². The lowest BCUT2D eigenvalue weighted by Gasteiger charge is -2.13. The van der Waals surface area contributed by atoms with Crippen LogP contribution in [-0.2, 0) is 23.9 Å². The summed E-state index contributed by atoms with van der Waals surface area (Å²) in [5.41, 5.74) is -0.155. The summed E-state index contributed by atoms with van der Waals surface area (Å²) < 4.78 is 22.4. The second-order valence-electron chi connectivity index (χ2n) is 4.92. The third kappa shape index (κ3) is 6.45. The van der Waals surface area contributed by atoms with E-state index in [9.17, 15) is 23.6 Å². The number of rotatable bonds is 5. The molecule has 9 nitrogen and oxygen atoms in total. The normalized spacial score (nSPS) is 11.0. The van der Waals surface area contributed by atoms with Crippen molar-refractivity contribution < 1.29 is 33.0 Å². The standard InChI is InChI=1S/C15H18FN3O6/c1-8(6-12(20)24-2)17-13(21)14(22)18-9-4-5-10(16)11(7-9)19-15(23)25-3/h4-5,7-8H,6H2,1-3H3,(H,17,21)(H,18,22)(H,19,23). The van der Waals surface area contributed by atoms with Crippen LogP contribution >= 0.6 is 0 Å². The maximum Gasteiger partial charge on any atom is 0.411 e. The molecule has 0 aromatic heterocycles. The van der Waals surface area contributed by atoms with Gasteiger partial charge in [0, 0.05) is 11.7 Å². The molecule has 1 aromatic carbocycles. The van der Waals surface area contributed by atoms with Crippen molar-refractivity contribution >= 4 is 35.3 Å². The summed E-state index contributed by atoms with van der Waals surface area (Å²) in [4.78, 5) is 45.8. The van der Waals surface area contributed by atoms with E-state index in [2.05, 4.69) is 25.4 Å². The van der Waals surface area contributed by atoms with E-state index >= 15 is 0 Å². The van der Waals surface area contributed by atoms with E-state index in [-0.39, 0.29) is 17.8 Å². The van der Waals surface area contributed by atoms with Gasteiger partial charge in [-0.2, -0.15) is 0 Å². The molecule has 0 fully saturated rings. The van der Waals surface area contributed by atoms with E-state index in [0.717, 1.165) is 19.2 Å². The fourth-order valence-corrected chi connectivity index (χ4v) is 1.72. The summed E-state index contributed by atoms with van der Waals surface area (Å²) in [5, 5.41) is 6.69. The van der Waals surface area contributed by atoms with Gasteiger partial charge in [-0.15, -0.1) is 0 Å². The van der Waals surface area contributed by atoms with Crippen LogP contribution in [0.3, 0.4) is 0 Å². The molecular weight excluding hydrogens is 337 g/mol. The number of hydrogen-bond donors (Lipinski definition) is 3. The highest BCUT2D eigenvalue weighted by atomic mass is 19.1. The van der Waals surface area contributed by atoms with Gasteiger partial charge in [-0.3, -0.25) is 19.7 Å². The van der Waals surface area contributed by atoms with Crippen LogP contribution in [0.1, 0.15) is 13.3 Å². The first kappa shape index (κ1) is 19.9. The average molecular weight is 355 g/mol. The number of esters is 1. The first-order valence-electron chi connectivity index (χ1n) is 7.10. The van der Waals surface area contributed by atoms with Gasteiger partial charge in [-0.25, -0.2) is 9.18 Å². The van der Waals surface area contributed by atoms with Crippen LogP contribution in [0.25, 0.3) is 0 Å². The van der Waals surface area contributed by atoms with Crippen LogP contribution in [0.15, 0.2) is 18.2 Å². The van der Waals surface area contributed by atoms with Crippen molar-refractivity contribution in [3.8, 4) is 0 Å². The Kier molecular flexibility index (Phi) is 7.32. The summed E-state index contributed by atoms with van der Waals surface area (Å²) in [7, 11) is 2.32. The van der Waals surface area contributed by atoms with E-state index < -0.39 is 35.7 Å². The van der Waals surface area contributed by atoms with Gasteiger partial charge >= 0.3 is 23.9 Å². The Morgan fingerprint density at radius 2 is 1.76 bits per heavy atom. The number of hydrogen-bond acceptors (Lipinski definition) is 6. The highest BCUT2D eigenvalue weighted by Crippen LogP contribution is 2.19. The largest absolute Gasteiger partial charge is 0.469 e. The van der Waals surface area contributed by atoms with Gasteiger partial charge in [0.1, 0.15) is 5.82 Å². The zero-order valence-corrected chi connectivity index (χ0v) is 13.8. The lowest BCUT2D eigenvalue weighted by molar-refractivity contribution is -0.142. The topological polar surface area (TPSA) is 123 Å². The minimum Gasteiger partial charge on any atom is -0.469 e. The molecule has 10 heteroatoms. The van der Waals surface area contributed by atoms with Gasteiger partial charge in [0.2, 0.25) is 0 Å². The van der Waals surface area contributed by atoms with E-state index in [1.807, 2.05) is 0 Å². The molecule has 0 heterocycles. The lowest BCUT2D eigenvalue weighted by Crippen LogP contribution is -2.41. The summed E-state index contributed by atoms with van der Waals surface area (Å²) in [6.07, 6.45) is -0.990. The summed E-state index contributed by atoms with van der Waals surface area (Å²) in [6.45, 7) is 1.53. The molecule has 0 aliphatic rings. The molecule has 1 unspecified atom stereocenters. The van der Waals surface area contributed by atoms with Crippen LogP contribution in [-0.4, -0.2) is 44.1 Å². The molecule has 3 N–H and O–H groups in total. The van der Waals surface area contributed by atoms with Crippen molar-refractivity contribution in [2.24, 2.45) is 0 Å². The maximum atomic E-state index is 13.6. The third-order valence-electron chi connectivity index (χ3n) is 2.93. The number of carbonyl (C=O) groups is 4. The van der Waals surface area contributed by atoms with Crippen LogP contribution in [0, 0.1) is 5.82 Å². The van der Waals surface area contributed by atoms with Gasteiger partial charge in [0.25, 0.3) is 0 Å². The Morgan fingerprint density at radius 1 is 1.08 bits per heavy atom. The fourth-order valence-electron chi connectivity index (χ4n) is 1.72. The number of ether oxygens (including phenoxy) is 2. The quantitative estimate of drug-likeness (QED) is 0.535. The molecule has 0 saturated carbocycles. The van der Waals surface area contributed by atoms with Gasteiger partial charge in [-0.1, -0.05) is 0 Å². The molecule has 0 aliphatic carbocycles. The Balaban J connectivity index is 2.70. The minimum atomic E-state index is -1.02. The first-order chi connectivity index (χ1) is 11.8. The Hall–Kier alpha value is -3.17. The van der Waals surface area contributed by atoms with Crippen LogP contribution in [0.5, 0.6) is 0 Å². The molecular formula is C15H18FN3O6. The fraction of sp³-hybridized carbons (Fsp3) is 0.333. The van der Waals surface area contributed by atoms with Gasteiger partial charge in [0.05, 0.1) is 26.3 Å². The van der Waals surface area contributed by atoms with E-state index in [1.54, 1.807) is 0 Å². The highest BCUT2D eigenvalue weighted by Gasteiger charge is 2.19. The molecule has 0 spiro atoms. The van der Waals surface area contributed by atoms with Gasteiger partial charge in [0.15, 0.2) is 0 Å². The molecule has 0 saturated heterocycles. The second-order valence-corrected chi connectivity index (χ2v) is 4.92. The Labute approximate surface area is 142 Å². The number of carbonyl (C=O) groups excluding carboxylic acids is 4. The predicted octanol–water partition coefficient (Wildman–Crippen LogP) is 1.01. The number of halogens is 1. The van der Waals surface area contributed by atoms with Crippen molar-refractivity contribution in [3.63, 3.8) is 0 Å². The number of anilines is 2. The zero-order valence-electron chi connectivity index (χ0n) is 13.8. The average Bonchev–Trinajstić information content (AvgIpc) is 2.57. The molecule has 3 amide bonds. The number of nitrogens with one attached hydrogen (secondary N) is 3. The van der Waals surface area contributed by atoms with Crippen molar-refractivity contribution in [3.05, 3.63) is 24.0 Å². The van der Waals surface area contributed by atoms with E-state index in [1.165, 1.54) is 20.1 Å². The molecule has 0 radical (unpaired) electrons. The van der Waals surface area contributed by atoms with Crippen molar-refractivity contribution in [2.45, 2.75) is 19.4 Å². The maximum absolute atomic E-state index is 13.6. The second kappa shape index (κ2) is 9.21. The molecule has 1 aromatic rings.